The molecule has 2 aliphatic heterocycles. The summed E-state index contributed by atoms with van der Waals surface area (Å²) in [6, 6.07) is 37.0. The molecule has 202 valence electrons. The summed E-state index contributed by atoms with van der Waals surface area (Å²) in [5.74, 6) is 0. The minimum absolute atomic E-state index is 0.0212. The van der Waals surface area contributed by atoms with E-state index in [0.717, 1.165) is 45.1 Å². The second-order valence-electron chi connectivity index (χ2n) is 11.8. The molecule has 1 aromatic heterocycles. The van der Waals surface area contributed by atoms with Crippen LogP contribution in [0, 0.1) is 13.8 Å². The first-order valence-corrected chi connectivity index (χ1v) is 16.3. The molecule has 0 bridgehead atoms. The molecular weight excluding hydrogens is 531 g/mol. The lowest BCUT2D eigenvalue weighted by Gasteiger charge is -2.49. The van der Waals surface area contributed by atoms with Crippen LogP contribution in [0.4, 0.5) is 5.69 Å². The van der Waals surface area contributed by atoms with Gasteiger partial charge in [0.1, 0.15) is 0 Å². The summed E-state index contributed by atoms with van der Waals surface area (Å²) in [6.07, 6.45) is 7.40. The summed E-state index contributed by atoms with van der Waals surface area (Å²) >= 11 is 0. The van der Waals surface area contributed by atoms with Gasteiger partial charge < -0.3 is 9.24 Å². The quantitative estimate of drug-likeness (QED) is 0.188. The Kier molecular flexibility index (Phi) is 4.85. The summed E-state index contributed by atoms with van der Waals surface area (Å²) in [4.78, 5) is 0. The van der Waals surface area contributed by atoms with E-state index in [4.69, 9.17) is 0 Å². The molecule has 3 aliphatic rings. The molecule has 42 heavy (non-hydrogen) atoms. The van der Waals surface area contributed by atoms with Crippen LogP contribution in [0.25, 0.3) is 44.2 Å². The van der Waals surface area contributed by atoms with Gasteiger partial charge in [-0.2, -0.15) is 0 Å². The third-order valence-corrected chi connectivity index (χ3v) is 12.5. The topological polar surface area (TPSA) is 25.2 Å². The van der Waals surface area contributed by atoms with Gasteiger partial charge in [0.15, 0.2) is 0 Å². The maximum Gasteiger partial charge on any atom is 0.231 e. The molecule has 0 amide bonds. The van der Waals surface area contributed by atoms with E-state index in [-0.39, 0.29) is 6.04 Å². The van der Waals surface area contributed by atoms with Crippen LogP contribution in [0.2, 0.25) is 0 Å². The van der Waals surface area contributed by atoms with Gasteiger partial charge in [-0.1, -0.05) is 77.9 Å². The predicted octanol–water partition coefficient (Wildman–Crippen LogP) is 8.84. The van der Waals surface area contributed by atoms with Gasteiger partial charge in [-0.15, -0.1) is 0 Å². The van der Waals surface area contributed by atoms with Gasteiger partial charge in [0.05, 0.1) is 22.8 Å². The van der Waals surface area contributed by atoms with Gasteiger partial charge in [0, 0.05) is 32.6 Å². The molecule has 4 heteroatoms. The van der Waals surface area contributed by atoms with Crippen molar-refractivity contribution in [2.45, 2.75) is 26.3 Å². The minimum atomic E-state index is -3.13. The Morgan fingerprint density at radius 2 is 1.33 bits per heavy atom. The molecule has 0 saturated carbocycles. The molecule has 3 heterocycles. The Bertz CT molecular complexity index is 2190. The van der Waals surface area contributed by atoms with Gasteiger partial charge in [0.2, 0.25) is 7.29 Å². The van der Waals surface area contributed by atoms with Crippen molar-refractivity contribution in [3.05, 3.63) is 138 Å². The molecule has 1 aliphatic carbocycles. The van der Waals surface area contributed by atoms with Crippen molar-refractivity contribution in [2.24, 2.45) is 0 Å². The van der Waals surface area contributed by atoms with E-state index < -0.39 is 7.29 Å². The van der Waals surface area contributed by atoms with Crippen LogP contribution in [-0.4, -0.2) is 10.6 Å². The van der Waals surface area contributed by atoms with Crippen molar-refractivity contribution in [3.8, 4) is 16.8 Å². The Hall–Kier alpha value is -4.59. The summed E-state index contributed by atoms with van der Waals surface area (Å²) in [6.45, 7) is 4.32. The van der Waals surface area contributed by atoms with Crippen LogP contribution in [0.15, 0.2) is 121 Å². The molecule has 2 atom stereocenters. The van der Waals surface area contributed by atoms with E-state index in [9.17, 15) is 0 Å². The second kappa shape index (κ2) is 8.47. The number of hydrogen-bond donors (Lipinski definition) is 0. The number of hydrogen-bond acceptors (Lipinski definition) is 1. The minimum Gasteiger partial charge on any atom is -0.309 e. The molecule has 9 rings (SSSR count). The van der Waals surface area contributed by atoms with Crippen molar-refractivity contribution in [3.63, 3.8) is 0 Å². The van der Waals surface area contributed by atoms with Crippen LogP contribution < -0.4 is 15.3 Å². The van der Waals surface area contributed by atoms with Crippen LogP contribution in [0.1, 0.15) is 23.1 Å². The van der Waals surface area contributed by atoms with Crippen LogP contribution in [-0.2, 0) is 4.57 Å². The maximum absolute atomic E-state index is 15.7. The van der Waals surface area contributed by atoms with Crippen molar-refractivity contribution in [1.82, 2.24) is 4.57 Å². The molecule has 0 spiro atoms. The number of aromatic nitrogens is 1. The smallest absolute Gasteiger partial charge is 0.231 e. The lowest BCUT2D eigenvalue weighted by atomic mass is 9.91. The fourth-order valence-corrected chi connectivity index (χ4v) is 11.0. The molecule has 0 fully saturated rings. The Balaban J connectivity index is 1.35. The first-order chi connectivity index (χ1) is 20.5. The number of nitrogens with zero attached hydrogens (tertiary/aromatic N) is 2. The standard InChI is InChI=1S/C38H29N2OP/c1-24-15-18-33-30(21-24)31-22-25(2)16-19-34(31)39(33)26-17-20-36-32(23-26)29-11-5-8-14-38(29)42(41)37-13-7-4-10-28(37)27-9-3-6-12-35(27)40(36)42/h3-11,13-23,35H,12H2,1-2H3. The summed E-state index contributed by atoms with van der Waals surface area (Å²) < 4.78 is 20.3. The highest BCUT2D eigenvalue weighted by Gasteiger charge is 2.50. The number of aryl methyl sites for hydroxylation is 2. The van der Waals surface area contributed by atoms with E-state index in [2.05, 4.69) is 132 Å². The third-order valence-electron chi connectivity index (χ3n) is 9.35. The molecule has 0 saturated heterocycles. The molecule has 0 radical (unpaired) electrons. The highest BCUT2D eigenvalue weighted by Crippen LogP contribution is 2.63. The SMILES string of the molecule is Cc1ccc2c(c1)c1cc(C)ccc1n2-c1ccc2c(c1)-c1ccccc1P1(=O)c3ccccc3C3=CC=CCC3N21. The normalized spacial score (nSPS) is 20.0. The number of benzene rings is 5. The lowest BCUT2D eigenvalue weighted by Crippen LogP contribution is -2.48. The number of rotatable bonds is 1. The average Bonchev–Trinajstić information content (AvgIpc) is 3.34. The third kappa shape index (κ3) is 3.04. The second-order valence-corrected chi connectivity index (χ2v) is 14.4. The van der Waals surface area contributed by atoms with Crippen molar-refractivity contribution < 1.29 is 4.57 Å². The van der Waals surface area contributed by atoms with Crippen molar-refractivity contribution in [2.75, 3.05) is 4.67 Å². The summed E-state index contributed by atoms with van der Waals surface area (Å²) in [5.41, 5.74) is 11.7. The molecular formula is C38H29N2OP. The number of fused-ring (bicyclic) bond motifs is 14. The molecule has 0 N–H and O–H groups in total. The van der Waals surface area contributed by atoms with Crippen LogP contribution >= 0.6 is 7.29 Å². The van der Waals surface area contributed by atoms with E-state index in [1.165, 1.54) is 38.5 Å². The fraction of sp³-hybridized carbons (Fsp3) is 0.105. The fourth-order valence-electron chi connectivity index (χ4n) is 7.55. The van der Waals surface area contributed by atoms with Crippen LogP contribution in [0.3, 0.4) is 0 Å². The maximum atomic E-state index is 15.7. The Morgan fingerprint density at radius 1 is 0.690 bits per heavy atom. The van der Waals surface area contributed by atoms with Gasteiger partial charge in [-0.25, -0.2) is 0 Å². The zero-order valence-electron chi connectivity index (χ0n) is 23.6. The van der Waals surface area contributed by atoms with Crippen LogP contribution in [0.5, 0.6) is 0 Å². The van der Waals surface area contributed by atoms with E-state index in [0.29, 0.717) is 0 Å². The van der Waals surface area contributed by atoms with Crippen molar-refractivity contribution >= 4 is 51.0 Å². The van der Waals surface area contributed by atoms with E-state index >= 15 is 4.57 Å². The molecule has 3 nitrogen and oxygen atoms in total. The molecule has 5 aromatic carbocycles. The highest BCUT2D eigenvalue weighted by molar-refractivity contribution is 7.80. The predicted molar refractivity (Wildman–Crippen MR) is 177 cm³/mol. The molecule has 2 unspecified atom stereocenters. The van der Waals surface area contributed by atoms with Gasteiger partial charge in [-0.3, -0.25) is 4.57 Å². The Morgan fingerprint density at radius 3 is 2.05 bits per heavy atom. The Labute approximate surface area is 245 Å². The first kappa shape index (κ1) is 24.1. The summed E-state index contributed by atoms with van der Waals surface area (Å²) in [5, 5.41) is 4.42. The number of anilines is 1. The van der Waals surface area contributed by atoms with Gasteiger partial charge >= 0.3 is 0 Å². The zero-order valence-corrected chi connectivity index (χ0v) is 24.5. The van der Waals surface area contributed by atoms with Gasteiger partial charge in [0.25, 0.3) is 0 Å². The lowest BCUT2D eigenvalue weighted by molar-refractivity contribution is 0.579. The largest absolute Gasteiger partial charge is 0.309 e. The highest BCUT2D eigenvalue weighted by atomic mass is 31.2. The van der Waals surface area contributed by atoms with Crippen molar-refractivity contribution in [1.29, 1.82) is 0 Å². The molecule has 6 aromatic rings. The number of allylic oxidation sites excluding steroid dienone is 2. The monoisotopic (exact) mass is 560 g/mol. The van der Waals surface area contributed by atoms with E-state index in [1.807, 2.05) is 12.1 Å². The average molecular weight is 561 g/mol. The van der Waals surface area contributed by atoms with E-state index in [1.54, 1.807) is 0 Å². The zero-order chi connectivity index (χ0) is 28.2. The van der Waals surface area contributed by atoms with Gasteiger partial charge in [-0.05, 0) is 91.6 Å². The summed E-state index contributed by atoms with van der Waals surface area (Å²) in [7, 11) is -3.13. The first-order valence-electron chi connectivity index (χ1n) is 14.7.